The van der Waals surface area contributed by atoms with Crippen LogP contribution in [0.4, 0.5) is 5.69 Å². The van der Waals surface area contributed by atoms with Gasteiger partial charge in [0.2, 0.25) is 0 Å². The van der Waals surface area contributed by atoms with Crippen molar-refractivity contribution in [3.63, 3.8) is 0 Å². The highest BCUT2D eigenvalue weighted by atomic mass is 79.9. The molecular weight excluding hydrogens is 432 g/mol. The number of aromatic hydroxyl groups is 1. The molecule has 0 aromatic heterocycles. The lowest BCUT2D eigenvalue weighted by Gasteiger charge is -2.28. The van der Waals surface area contributed by atoms with Gasteiger partial charge in [-0.05, 0) is 71.0 Å². The zero-order valence-electron chi connectivity index (χ0n) is 14.2. The summed E-state index contributed by atoms with van der Waals surface area (Å²) in [5.74, 6) is -0.917. The van der Waals surface area contributed by atoms with Gasteiger partial charge in [0.15, 0.2) is 16.6 Å². The molecule has 0 radical (unpaired) electrons. The van der Waals surface area contributed by atoms with Crippen molar-refractivity contribution in [2.45, 2.75) is 6.92 Å². The maximum absolute atomic E-state index is 12.9. The molecule has 138 valence electrons. The fraction of sp³-hybridized carbons (Fsp3) is 0.105. The SMILES string of the molecule is CCOc1cc(/C=C2\C(=O)NC(=S)N(c3ccccc3)C2=O)cc(Br)c1O. The van der Waals surface area contributed by atoms with Gasteiger partial charge in [-0.2, -0.15) is 0 Å². The van der Waals surface area contributed by atoms with Crippen LogP contribution in [-0.2, 0) is 9.59 Å². The summed E-state index contributed by atoms with van der Waals surface area (Å²) in [6, 6.07) is 12.0. The lowest BCUT2D eigenvalue weighted by molar-refractivity contribution is -0.122. The van der Waals surface area contributed by atoms with Gasteiger partial charge in [0.05, 0.1) is 16.8 Å². The second-order valence-electron chi connectivity index (χ2n) is 5.58. The third kappa shape index (κ3) is 3.86. The number of carbonyl (C=O) groups excluding carboxylic acids is 2. The number of para-hydroxylation sites is 1. The largest absolute Gasteiger partial charge is 0.503 e. The summed E-state index contributed by atoms with van der Waals surface area (Å²) >= 11 is 8.40. The van der Waals surface area contributed by atoms with Gasteiger partial charge in [0, 0.05) is 0 Å². The molecule has 2 aromatic carbocycles. The molecule has 0 bridgehead atoms. The standard InChI is InChI=1S/C19H15BrN2O4S/c1-2-26-15-10-11(9-14(20)16(15)23)8-13-17(24)21-19(27)22(18(13)25)12-6-4-3-5-7-12/h3-10,23H,2H2,1H3,(H,21,24,27)/b13-8+. The molecule has 6 nitrogen and oxygen atoms in total. The van der Waals surface area contributed by atoms with Crippen LogP contribution < -0.4 is 15.0 Å². The van der Waals surface area contributed by atoms with E-state index < -0.39 is 11.8 Å². The zero-order valence-corrected chi connectivity index (χ0v) is 16.6. The van der Waals surface area contributed by atoms with E-state index in [1.54, 1.807) is 43.3 Å². The topological polar surface area (TPSA) is 78.9 Å². The maximum atomic E-state index is 12.9. The molecule has 2 amide bonds. The van der Waals surface area contributed by atoms with Gasteiger partial charge in [0.1, 0.15) is 5.57 Å². The lowest BCUT2D eigenvalue weighted by Crippen LogP contribution is -2.54. The number of amides is 2. The zero-order chi connectivity index (χ0) is 19.6. The van der Waals surface area contributed by atoms with Crippen molar-refractivity contribution in [3.8, 4) is 11.5 Å². The summed E-state index contributed by atoms with van der Waals surface area (Å²) in [5.41, 5.74) is 0.996. The summed E-state index contributed by atoms with van der Waals surface area (Å²) in [4.78, 5) is 26.5. The van der Waals surface area contributed by atoms with E-state index in [9.17, 15) is 14.7 Å². The van der Waals surface area contributed by atoms with Gasteiger partial charge in [0.25, 0.3) is 11.8 Å². The van der Waals surface area contributed by atoms with Crippen LogP contribution in [0.2, 0.25) is 0 Å². The van der Waals surface area contributed by atoms with Gasteiger partial charge in [-0.15, -0.1) is 0 Å². The number of thiocarbonyl (C=S) groups is 1. The summed E-state index contributed by atoms with van der Waals surface area (Å²) < 4.78 is 5.77. The number of benzene rings is 2. The number of phenols is 1. The summed E-state index contributed by atoms with van der Waals surface area (Å²) in [5, 5.41) is 12.6. The number of nitrogens with zero attached hydrogens (tertiary/aromatic N) is 1. The number of hydrogen-bond donors (Lipinski definition) is 2. The molecule has 1 aliphatic rings. The Kier molecular flexibility index (Phi) is 5.57. The van der Waals surface area contributed by atoms with Crippen molar-refractivity contribution in [2.24, 2.45) is 0 Å². The van der Waals surface area contributed by atoms with Crippen LogP contribution in [0.15, 0.2) is 52.5 Å². The Bertz CT molecular complexity index is 960. The Morgan fingerprint density at radius 1 is 1.26 bits per heavy atom. The molecule has 0 saturated carbocycles. The Morgan fingerprint density at radius 3 is 2.63 bits per heavy atom. The molecule has 0 spiro atoms. The van der Waals surface area contributed by atoms with Gasteiger partial charge >= 0.3 is 0 Å². The fourth-order valence-electron chi connectivity index (χ4n) is 2.58. The van der Waals surface area contributed by atoms with Crippen LogP contribution >= 0.6 is 28.1 Å². The van der Waals surface area contributed by atoms with Gasteiger partial charge in [-0.1, -0.05) is 18.2 Å². The van der Waals surface area contributed by atoms with Crippen LogP contribution in [0, 0.1) is 0 Å². The Balaban J connectivity index is 2.03. The van der Waals surface area contributed by atoms with Crippen molar-refractivity contribution in [1.29, 1.82) is 0 Å². The number of anilines is 1. The molecule has 0 aliphatic carbocycles. The molecule has 3 rings (SSSR count). The molecule has 1 saturated heterocycles. The monoisotopic (exact) mass is 446 g/mol. The molecule has 0 unspecified atom stereocenters. The Labute approximate surface area is 169 Å². The number of carbonyl (C=O) groups is 2. The molecule has 0 atom stereocenters. The number of halogens is 1. The molecule has 2 N–H and O–H groups in total. The van der Waals surface area contributed by atoms with Crippen LogP contribution in [-0.4, -0.2) is 28.6 Å². The molecule has 27 heavy (non-hydrogen) atoms. The van der Waals surface area contributed by atoms with Crippen LogP contribution in [0.5, 0.6) is 11.5 Å². The average molecular weight is 447 g/mol. The highest BCUT2D eigenvalue weighted by Crippen LogP contribution is 2.36. The van der Waals surface area contributed by atoms with E-state index in [-0.39, 0.29) is 22.2 Å². The highest BCUT2D eigenvalue weighted by Gasteiger charge is 2.34. The van der Waals surface area contributed by atoms with Crippen LogP contribution in [0.1, 0.15) is 12.5 Å². The predicted molar refractivity (Wildman–Crippen MR) is 110 cm³/mol. The highest BCUT2D eigenvalue weighted by molar-refractivity contribution is 9.10. The Morgan fingerprint density at radius 2 is 1.96 bits per heavy atom. The van der Waals surface area contributed by atoms with Crippen LogP contribution in [0.25, 0.3) is 6.08 Å². The minimum atomic E-state index is -0.584. The van der Waals surface area contributed by atoms with Crippen molar-refractivity contribution in [2.75, 3.05) is 11.5 Å². The minimum Gasteiger partial charge on any atom is -0.503 e. The molecule has 1 heterocycles. The molecule has 2 aromatic rings. The molecular formula is C19H15BrN2O4S. The summed E-state index contributed by atoms with van der Waals surface area (Å²) in [6.07, 6.45) is 1.43. The Hall–Kier alpha value is -2.71. The van der Waals surface area contributed by atoms with E-state index in [1.807, 2.05) is 6.07 Å². The second kappa shape index (κ2) is 7.89. The van der Waals surface area contributed by atoms with E-state index >= 15 is 0 Å². The third-order valence-electron chi connectivity index (χ3n) is 3.78. The molecule has 8 heteroatoms. The van der Waals surface area contributed by atoms with E-state index in [0.29, 0.717) is 22.3 Å². The van der Waals surface area contributed by atoms with E-state index in [0.717, 1.165) is 0 Å². The van der Waals surface area contributed by atoms with Crippen LogP contribution in [0.3, 0.4) is 0 Å². The maximum Gasteiger partial charge on any atom is 0.270 e. The molecule has 1 fully saturated rings. The first-order valence-electron chi connectivity index (χ1n) is 8.04. The van der Waals surface area contributed by atoms with Crippen molar-refractivity contribution in [1.82, 2.24) is 5.32 Å². The van der Waals surface area contributed by atoms with Gasteiger partial charge in [-0.25, -0.2) is 0 Å². The number of rotatable bonds is 4. The first kappa shape index (κ1) is 19.1. The second-order valence-corrected chi connectivity index (χ2v) is 6.82. The minimum absolute atomic E-state index is 0.0234. The molecule has 1 aliphatic heterocycles. The average Bonchev–Trinajstić information content (AvgIpc) is 2.63. The summed E-state index contributed by atoms with van der Waals surface area (Å²) in [7, 11) is 0. The first-order chi connectivity index (χ1) is 12.9. The fourth-order valence-corrected chi connectivity index (χ4v) is 3.32. The van der Waals surface area contributed by atoms with Crippen molar-refractivity contribution < 1.29 is 19.4 Å². The predicted octanol–water partition coefficient (Wildman–Crippen LogP) is 3.38. The van der Waals surface area contributed by atoms with Gasteiger partial charge < -0.3 is 9.84 Å². The van der Waals surface area contributed by atoms with E-state index in [2.05, 4.69) is 21.2 Å². The van der Waals surface area contributed by atoms with Gasteiger partial charge in [-0.3, -0.25) is 19.8 Å². The lowest BCUT2D eigenvalue weighted by atomic mass is 10.1. The number of nitrogens with one attached hydrogen (secondary N) is 1. The summed E-state index contributed by atoms with van der Waals surface area (Å²) in [6.45, 7) is 2.14. The number of ether oxygens (including phenoxy) is 1. The van der Waals surface area contributed by atoms with E-state index in [1.165, 1.54) is 11.0 Å². The smallest absolute Gasteiger partial charge is 0.270 e. The van der Waals surface area contributed by atoms with Crippen molar-refractivity contribution in [3.05, 3.63) is 58.1 Å². The normalized spacial score (nSPS) is 15.9. The van der Waals surface area contributed by atoms with Crippen molar-refractivity contribution >= 4 is 56.8 Å². The van der Waals surface area contributed by atoms with E-state index in [4.69, 9.17) is 17.0 Å². The quantitative estimate of drug-likeness (QED) is 0.427. The number of phenolic OH excluding ortho intramolecular Hbond substituents is 1. The third-order valence-corrected chi connectivity index (χ3v) is 4.67. The number of hydrogen-bond acceptors (Lipinski definition) is 5. The first-order valence-corrected chi connectivity index (χ1v) is 9.24.